The lowest BCUT2D eigenvalue weighted by Gasteiger charge is -2.24. The van der Waals surface area contributed by atoms with E-state index < -0.39 is 34.1 Å². The van der Waals surface area contributed by atoms with E-state index in [2.05, 4.69) is 26.1 Å². The largest absolute Gasteiger partial charge is 0.324 e. The van der Waals surface area contributed by atoms with Gasteiger partial charge < -0.3 is 5.32 Å². The quantitative estimate of drug-likeness (QED) is 0.255. The molecule has 0 spiro atoms. The molecule has 0 fully saturated rings. The molecule has 4 aromatic carbocycles. The number of nitrogens with zero attached hydrogens (tertiary/aromatic N) is 1. The lowest BCUT2D eigenvalue weighted by atomic mass is 9.86. The molecule has 1 amide bonds. The van der Waals surface area contributed by atoms with E-state index in [1.165, 1.54) is 18.2 Å². The van der Waals surface area contributed by atoms with Gasteiger partial charge >= 0.3 is 0 Å². The third-order valence-electron chi connectivity index (χ3n) is 6.23. The normalized spacial score (nSPS) is 11.6. The van der Waals surface area contributed by atoms with Crippen molar-refractivity contribution in [3.05, 3.63) is 125 Å². The number of rotatable bonds is 8. The van der Waals surface area contributed by atoms with Crippen molar-refractivity contribution >= 4 is 33.1 Å². The molecule has 4 rings (SSSR count). The van der Waals surface area contributed by atoms with Crippen LogP contribution in [0.1, 0.15) is 42.3 Å². The molecule has 4 aromatic rings. The number of sulfonamides is 1. The molecule has 0 saturated carbocycles. The van der Waals surface area contributed by atoms with Gasteiger partial charge in [0.15, 0.2) is 5.78 Å². The monoisotopic (exact) mass is 562 g/mol. The first-order chi connectivity index (χ1) is 18.8. The summed E-state index contributed by atoms with van der Waals surface area (Å²) >= 11 is 0. The predicted molar refractivity (Wildman–Crippen MR) is 151 cm³/mol. The van der Waals surface area contributed by atoms with E-state index >= 15 is 0 Å². The van der Waals surface area contributed by atoms with E-state index in [0.29, 0.717) is 16.8 Å². The molecule has 0 aromatic heterocycles. The van der Waals surface area contributed by atoms with E-state index in [0.717, 1.165) is 46.3 Å². The number of hydrogen-bond acceptors (Lipinski definition) is 4. The molecular formula is C31H28F2N2O4S. The summed E-state index contributed by atoms with van der Waals surface area (Å²) in [6.45, 7) is 5.59. The number of ketones is 1. The number of carbonyl (C=O) groups is 2. The molecule has 0 aliphatic rings. The predicted octanol–water partition coefficient (Wildman–Crippen LogP) is 6.33. The maximum absolute atomic E-state index is 13.5. The van der Waals surface area contributed by atoms with Gasteiger partial charge in [0.1, 0.15) is 18.2 Å². The van der Waals surface area contributed by atoms with Crippen molar-refractivity contribution in [3.8, 4) is 0 Å². The lowest BCUT2D eigenvalue weighted by molar-refractivity contribution is -0.114. The van der Waals surface area contributed by atoms with Crippen LogP contribution in [-0.4, -0.2) is 26.7 Å². The van der Waals surface area contributed by atoms with Crippen LogP contribution in [-0.2, 0) is 20.2 Å². The summed E-state index contributed by atoms with van der Waals surface area (Å²) in [5.74, 6) is -2.14. The molecular weight excluding hydrogens is 534 g/mol. The van der Waals surface area contributed by atoms with Crippen molar-refractivity contribution in [2.24, 2.45) is 0 Å². The van der Waals surface area contributed by atoms with Gasteiger partial charge in [-0.1, -0.05) is 57.2 Å². The third-order valence-corrected chi connectivity index (χ3v) is 8.01. The molecule has 0 heterocycles. The van der Waals surface area contributed by atoms with Crippen LogP contribution in [0.5, 0.6) is 0 Å². The summed E-state index contributed by atoms with van der Waals surface area (Å²) < 4.78 is 54.5. The Bertz CT molecular complexity index is 1630. The second kappa shape index (κ2) is 11.4. The highest BCUT2D eigenvalue weighted by Crippen LogP contribution is 2.26. The number of hydrogen-bond donors (Lipinski definition) is 1. The first-order valence-electron chi connectivity index (χ1n) is 12.4. The van der Waals surface area contributed by atoms with Gasteiger partial charge in [-0.15, -0.1) is 0 Å². The number of anilines is 2. The molecule has 206 valence electrons. The van der Waals surface area contributed by atoms with Gasteiger partial charge in [-0.3, -0.25) is 13.9 Å². The Balaban J connectivity index is 1.56. The smallest absolute Gasteiger partial charge is 0.264 e. The highest BCUT2D eigenvalue weighted by molar-refractivity contribution is 7.92. The molecule has 1 N–H and O–H groups in total. The number of halogens is 2. The minimum Gasteiger partial charge on any atom is -0.324 e. The minimum atomic E-state index is -4.31. The standard InChI is InChI=1S/C31H28F2N2O4S/c1-31(2,3)23-9-7-21(8-10-23)30(37)22-5-4-6-26(19-22)34-29(36)20-35(27-15-11-24(32)12-16-27)40(38,39)28-17-13-25(33)14-18-28/h4-19H,20H2,1-3H3,(H,34,36). The highest BCUT2D eigenvalue weighted by atomic mass is 32.2. The average molecular weight is 563 g/mol. The Labute approximate surface area is 232 Å². The molecule has 0 aliphatic heterocycles. The van der Waals surface area contributed by atoms with Crippen LogP contribution < -0.4 is 9.62 Å². The molecule has 0 bridgehead atoms. The van der Waals surface area contributed by atoms with Crippen LogP contribution in [0.25, 0.3) is 0 Å². The molecule has 0 saturated heterocycles. The maximum atomic E-state index is 13.5. The fraction of sp³-hybridized carbons (Fsp3) is 0.161. The molecule has 6 nitrogen and oxygen atoms in total. The van der Waals surface area contributed by atoms with Crippen molar-refractivity contribution in [1.82, 2.24) is 0 Å². The summed E-state index contributed by atoms with van der Waals surface area (Å²) in [6.07, 6.45) is 0. The molecule has 9 heteroatoms. The van der Waals surface area contributed by atoms with E-state index in [9.17, 15) is 26.8 Å². The lowest BCUT2D eigenvalue weighted by Crippen LogP contribution is -2.38. The van der Waals surface area contributed by atoms with E-state index in [-0.39, 0.29) is 21.8 Å². The van der Waals surface area contributed by atoms with Gasteiger partial charge in [-0.25, -0.2) is 17.2 Å². The van der Waals surface area contributed by atoms with Gasteiger partial charge in [0.25, 0.3) is 10.0 Å². The zero-order valence-corrected chi connectivity index (χ0v) is 23.0. The first kappa shape index (κ1) is 28.6. The molecule has 0 radical (unpaired) electrons. The molecule has 40 heavy (non-hydrogen) atoms. The summed E-state index contributed by atoms with van der Waals surface area (Å²) in [6, 6.07) is 22.4. The van der Waals surface area contributed by atoms with Gasteiger partial charge in [-0.05, 0) is 71.6 Å². The molecule has 0 aliphatic carbocycles. The number of nitrogens with one attached hydrogen (secondary N) is 1. The fourth-order valence-corrected chi connectivity index (χ4v) is 5.43. The van der Waals surface area contributed by atoms with Gasteiger partial charge in [0.2, 0.25) is 5.91 Å². The van der Waals surface area contributed by atoms with Gasteiger partial charge in [-0.2, -0.15) is 0 Å². The Hall–Kier alpha value is -4.37. The zero-order valence-electron chi connectivity index (χ0n) is 22.2. The van der Waals surface area contributed by atoms with Crippen LogP contribution in [0.15, 0.2) is 102 Å². The number of carbonyl (C=O) groups excluding carboxylic acids is 2. The van der Waals surface area contributed by atoms with Crippen LogP contribution in [0.2, 0.25) is 0 Å². The highest BCUT2D eigenvalue weighted by Gasteiger charge is 2.27. The number of benzene rings is 4. The summed E-state index contributed by atoms with van der Waals surface area (Å²) in [5, 5.41) is 2.63. The second-order valence-corrected chi connectivity index (χ2v) is 12.1. The van der Waals surface area contributed by atoms with Crippen LogP contribution in [0, 0.1) is 11.6 Å². The van der Waals surface area contributed by atoms with Crippen LogP contribution >= 0.6 is 0 Å². The molecule has 0 unspecified atom stereocenters. The van der Waals surface area contributed by atoms with Crippen LogP contribution in [0.3, 0.4) is 0 Å². The molecule has 0 atom stereocenters. The minimum absolute atomic E-state index is 0.0449. The van der Waals surface area contributed by atoms with Crippen molar-refractivity contribution in [2.45, 2.75) is 31.1 Å². The SMILES string of the molecule is CC(C)(C)c1ccc(C(=O)c2cccc(NC(=O)CN(c3ccc(F)cc3)S(=O)(=O)c3ccc(F)cc3)c2)cc1. The Morgan fingerprint density at radius 2 is 1.35 bits per heavy atom. The topological polar surface area (TPSA) is 83.6 Å². The number of amides is 1. The van der Waals surface area contributed by atoms with Crippen molar-refractivity contribution in [2.75, 3.05) is 16.2 Å². The third kappa shape index (κ3) is 6.60. The van der Waals surface area contributed by atoms with Gasteiger partial charge in [0.05, 0.1) is 10.6 Å². The van der Waals surface area contributed by atoms with Crippen molar-refractivity contribution in [1.29, 1.82) is 0 Å². The van der Waals surface area contributed by atoms with E-state index in [1.807, 2.05) is 12.1 Å². The Morgan fingerprint density at radius 1 is 0.775 bits per heavy atom. The maximum Gasteiger partial charge on any atom is 0.264 e. The van der Waals surface area contributed by atoms with Gasteiger partial charge in [0, 0.05) is 16.8 Å². The van der Waals surface area contributed by atoms with E-state index in [1.54, 1.807) is 30.3 Å². The Morgan fingerprint density at radius 3 is 1.93 bits per heavy atom. The summed E-state index contributed by atoms with van der Waals surface area (Å²) in [7, 11) is -4.31. The average Bonchev–Trinajstić information content (AvgIpc) is 2.92. The Kier molecular flexibility index (Phi) is 8.16. The second-order valence-electron chi connectivity index (χ2n) is 10.2. The van der Waals surface area contributed by atoms with Crippen molar-refractivity contribution < 1.29 is 26.8 Å². The van der Waals surface area contributed by atoms with Crippen LogP contribution in [0.4, 0.5) is 20.2 Å². The van der Waals surface area contributed by atoms with Crippen molar-refractivity contribution in [3.63, 3.8) is 0 Å². The summed E-state index contributed by atoms with van der Waals surface area (Å²) in [5.41, 5.74) is 2.20. The first-order valence-corrected chi connectivity index (χ1v) is 13.9. The fourth-order valence-electron chi connectivity index (χ4n) is 4.01. The van der Waals surface area contributed by atoms with E-state index in [4.69, 9.17) is 0 Å². The summed E-state index contributed by atoms with van der Waals surface area (Å²) in [4.78, 5) is 25.9. The zero-order chi connectivity index (χ0) is 29.1.